The van der Waals surface area contributed by atoms with Crippen molar-refractivity contribution in [1.82, 2.24) is 20.7 Å². The van der Waals surface area contributed by atoms with Crippen molar-refractivity contribution in [3.8, 4) is 0 Å². The lowest BCUT2D eigenvalue weighted by atomic mass is 9.86. The summed E-state index contributed by atoms with van der Waals surface area (Å²) in [5.41, 5.74) is 1.25. The Morgan fingerprint density at radius 2 is 1.76 bits per heavy atom. The smallest absolute Gasteiger partial charge is 0.355 e. The molecule has 0 unspecified atom stereocenters. The number of benzene rings is 2. The lowest BCUT2D eigenvalue weighted by molar-refractivity contribution is -0.158. The summed E-state index contributed by atoms with van der Waals surface area (Å²) >= 11 is 0. The van der Waals surface area contributed by atoms with E-state index < -0.39 is 57.2 Å². The summed E-state index contributed by atoms with van der Waals surface area (Å²) in [6.07, 6.45) is -9.59. The zero-order chi connectivity index (χ0) is 30.4. The van der Waals surface area contributed by atoms with Crippen molar-refractivity contribution in [2.75, 3.05) is 13.1 Å². The molecule has 0 bridgehead atoms. The fraction of sp³-hybridized carbons (Fsp3) is 0.462. The molecular weight excluding hydrogens is 578 g/mol. The molecule has 2 atom stereocenters. The Labute approximate surface area is 233 Å². The van der Waals surface area contributed by atoms with Crippen LogP contribution in [0.4, 0.5) is 26.3 Å². The van der Waals surface area contributed by atoms with Crippen LogP contribution >= 0.6 is 0 Å². The summed E-state index contributed by atoms with van der Waals surface area (Å²) in [4.78, 5) is 22.6. The second-order valence-electron chi connectivity index (χ2n) is 9.65. The molecule has 2 aromatic carbocycles. The lowest BCUT2D eigenvalue weighted by Gasteiger charge is -2.28. The second-order valence-corrected chi connectivity index (χ2v) is 11.4. The van der Waals surface area contributed by atoms with Crippen LogP contribution in [0.3, 0.4) is 0 Å². The highest BCUT2D eigenvalue weighted by Gasteiger charge is 2.44. The van der Waals surface area contributed by atoms with Crippen molar-refractivity contribution in [3.05, 3.63) is 64.7 Å². The molecule has 0 aromatic heterocycles. The Bertz CT molecular complexity index is 1350. The monoisotopic (exact) mass is 608 g/mol. The molecule has 0 radical (unpaired) electrons. The number of nitrogens with one attached hydrogen (secondary N) is 4. The van der Waals surface area contributed by atoms with Gasteiger partial charge >= 0.3 is 12.4 Å². The van der Waals surface area contributed by atoms with Gasteiger partial charge in [0, 0.05) is 26.6 Å². The van der Waals surface area contributed by atoms with Crippen LogP contribution in [-0.4, -0.2) is 45.5 Å². The van der Waals surface area contributed by atoms with E-state index in [1.165, 1.54) is 11.6 Å². The largest absolute Gasteiger partial charge is 0.416 e. The van der Waals surface area contributed by atoms with E-state index in [2.05, 4.69) is 16.0 Å². The predicted octanol–water partition coefficient (Wildman–Crippen LogP) is 3.72. The predicted molar refractivity (Wildman–Crippen MR) is 137 cm³/mol. The summed E-state index contributed by atoms with van der Waals surface area (Å²) in [6, 6.07) is 4.37. The molecule has 1 aliphatic rings. The van der Waals surface area contributed by atoms with Gasteiger partial charge in [0.15, 0.2) is 0 Å². The third-order valence-electron chi connectivity index (χ3n) is 6.42. The molecule has 4 N–H and O–H groups in total. The highest BCUT2D eigenvalue weighted by atomic mass is 32.2. The molecular formula is C26H30F6N4O4S. The SMILES string of the molecule is CC(=O)NCCNCc1ccc2c(c1)CCC[C@H]2NC(=O)C[C@H](NS(=O)(=O)c1cccc(C(F)(F)F)c1)C(F)(F)F. The maximum Gasteiger partial charge on any atom is 0.416 e. The van der Waals surface area contributed by atoms with E-state index in [9.17, 15) is 44.3 Å². The van der Waals surface area contributed by atoms with Crippen molar-refractivity contribution in [2.24, 2.45) is 0 Å². The molecule has 0 heterocycles. The van der Waals surface area contributed by atoms with Crippen molar-refractivity contribution in [3.63, 3.8) is 0 Å². The van der Waals surface area contributed by atoms with Crippen molar-refractivity contribution >= 4 is 21.8 Å². The molecule has 3 rings (SSSR count). The number of carbonyl (C=O) groups is 2. The van der Waals surface area contributed by atoms with Crippen molar-refractivity contribution in [1.29, 1.82) is 0 Å². The van der Waals surface area contributed by atoms with Crippen LogP contribution in [-0.2, 0) is 38.8 Å². The normalized spacial score (nSPS) is 16.5. The highest BCUT2D eigenvalue weighted by molar-refractivity contribution is 7.89. The maximum atomic E-state index is 13.7. The first-order chi connectivity index (χ1) is 19.1. The van der Waals surface area contributed by atoms with E-state index in [4.69, 9.17) is 0 Å². The average Bonchev–Trinajstić information content (AvgIpc) is 2.87. The third-order valence-corrected chi connectivity index (χ3v) is 7.88. The van der Waals surface area contributed by atoms with Gasteiger partial charge in [-0.15, -0.1) is 0 Å². The van der Waals surface area contributed by atoms with E-state index in [-0.39, 0.29) is 12.0 Å². The first kappa shape index (κ1) is 32.3. The summed E-state index contributed by atoms with van der Waals surface area (Å²) in [7, 11) is -5.05. The van der Waals surface area contributed by atoms with Gasteiger partial charge in [0.2, 0.25) is 21.8 Å². The fourth-order valence-electron chi connectivity index (χ4n) is 4.44. The number of hydrogen-bond acceptors (Lipinski definition) is 5. The zero-order valence-electron chi connectivity index (χ0n) is 22.0. The van der Waals surface area contributed by atoms with Gasteiger partial charge in [-0.2, -0.15) is 31.1 Å². The minimum absolute atomic E-state index is 0.136. The van der Waals surface area contributed by atoms with Gasteiger partial charge in [0.25, 0.3) is 0 Å². The second kappa shape index (κ2) is 13.2. The maximum absolute atomic E-state index is 13.7. The van der Waals surface area contributed by atoms with Crippen LogP contribution < -0.4 is 20.7 Å². The summed E-state index contributed by atoms with van der Waals surface area (Å²) < 4.78 is 107. The number of aryl methyl sites for hydroxylation is 1. The van der Waals surface area contributed by atoms with Crippen LogP contribution in [0.2, 0.25) is 0 Å². The standard InChI is InChI=1S/C26H30F6N4O4S/c1-16(37)34-11-10-33-15-17-8-9-21-18(12-17)4-2-7-22(21)35-24(38)14-23(26(30,31)32)36-41(39,40)20-6-3-5-19(13-20)25(27,28)29/h3,5-6,8-9,12-13,22-23,33,36H,2,4,7,10-11,14-15H2,1H3,(H,34,37)(H,35,38)/t22-,23+/m1/s1. The fourth-order valence-corrected chi connectivity index (χ4v) is 5.71. The summed E-state index contributed by atoms with van der Waals surface area (Å²) in [5, 5.41) is 8.39. The first-order valence-corrected chi connectivity index (χ1v) is 14.2. The van der Waals surface area contributed by atoms with E-state index in [1.807, 2.05) is 12.1 Å². The summed E-state index contributed by atoms with van der Waals surface area (Å²) in [6.45, 7) is 2.95. The number of carbonyl (C=O) groups excluding carboxylic acids is 2. The number of rotatable bonds is 11. The van der Waals surface area contributed by atoms with Gasteiger partial charge in [-0.1, -0.05) is 24.3 Å². The first-order valence-electron chi connectivity index (χ1n) is 12.7. The minimum Gasteiger partial charge on any atom is -0.355 e. The molecule has 226 valence electrons. The Morgan fingerprint density at radius 3 is 2.41 bits per heavy atom. The number of alkyl halides is 6. The van der Waals surface area contributed by atoms with Crippen LogP contribution in [0.25, 0.3) is 0 Å². The lowest BCUT2D eigenvalue weighted by Crippen LogP contribution is -2.48. The highest BCUT2D eigenvalue weighted by Crippen LogP contribution is 2.33. The molecule has 1 aliphatic carbocycles. The summed E-state index contributed by atoms with van der Waals surface area (Å²) in [5.74, 6) is -1.20. The topological polar surface area (TPSA) is 116 Å². The quantitative estimate of drug-likeness (QED) is 0.229. The van der Waals surface area contributed by atoms with Crippen LogP contribution in [0.1, 0.15) is 54.5 Å². The molecule has 0 spiro atoms. The van der Waals surface area contributed by atoms with E-state index >= 15 is 0 Å². The van der Waals surface area contributed by atoms with Gasteiger partial charge in [-0.25, -0.2) is 8.42 Å². The Balaban J connectivity index is 1.67. The molecule has 0 saturated carbocycles. The Morgan fingerprint density at radius 1 is 1.02 bits per heavy atom. The van der Waals surface area contributed by atoms with E-state index in [0.29, 0.717) is 45.0 Å². The molecule has 15 heteroatoms. The van der Waals surface area contributed by atoms with Gasteiger partial charge in [-0.3, -0.25) is 9.59 Å². The van der Waals surface area contributed by atoms with Crippen molar-refractivity contribution < 1.29 is 44.3 Å². The van der Waals surface area contributed by atoms with E-state index in [1.54, 1.807) is 6.07 Å². The van der Waals surface area contributed by atoms with Gasteiger partial charge in [-0.05, 0) is 54.2 Å². The Hall–Kier alpha value is -3.17. The third kappa shape index (κ3) is 9.43. The molecule has 2 amide bonds. The molecule has 0 aliphatic heterocycles. The Kier molecular flexibility index (Phi) is 10.4. The van der Waals surface area contributed by atoms with E-state index in [0.717, 1.165) is 28.8 Å². The average molecular weight is 609 g/mol. The van der Waals surface area contributed by atoms with Crippen LogP contribution in [0.5, 0.6) is 0 Å². The molecule has 2 aromatic rings. The molecule has 0 saturated heterocycles. The van der Waals surface area contributed by atoms with Crippen molar-refractivity contribution in [2.45, 2.75) is 68.5 Å². The minimum atomic E-state index is -5.20. The number of hydrogen-bond donors (Lipinski definition) is 4. The van der Waals surface area contributed by atoms with Gasteiger partial charge in [0.05, 0.1) is 22.9 Å². The molecule has 0 fully saturated rings. The zero-order valence-corrected chi connectivity index (χ0v) is 22.8. The number of amides is 2. The van der Waals surface area contributed by atoms with Gasteiger partial charge < -0.3 is 16.0 Å². The van der Waals surface area contributed by atoms with Gasteiger partial charge in [0.1, 0.15) is 6.04 Å². The number of halogens is 6. The van der Waals surface area contributed by atoms with Crippen LogP contribution in [0, 0.1) is 0 Å². The van der Waals surface area contributed by atoms with Crippen LogP contribution in [0.15, 0.2) is 47.4 Å². The number of fused-ring (bicyclic) bond motifs is 1. The molecule has 41 heavy (non-hydrogen) atoms. The molecule has 8 nitrogen and oxygen atoms in total. The number of sulfonamides is 1.